The van der Waals surface area contributed by atoms with Gasteiger partial charge >= 0.3 is 0 Å². The van der Waals surface area contributed by atoms with E-state index in [1.807, 2.05) is 20.8 Å². The first-order valence-electron chi connectivity index (χ1n) is 5.10. The topological polar surface area (TPSA) is 66.6 Å². The van der Waals surface area contributed by atoms with Gasteiger partial charge in [0.2, 0.25) is 5.91 Å². The van der Waals surface area contributed by atoms with Gasteiger partial charge in [0, 0.05) is 13.1 Å². The van der Waals surface area contributed by atoms with Gasteiger partial charge in [-0.25, -0.2) is 0 Å². The van der Waals surface area contributed by atoms with Gasteiger partial charge in [-0.05, 0) is 5.41 Å². The minimum absolute atomic E-state index is 0.0591. The number of nitrogens with two attached hydrogens (primary N) is 1. The lowest BCUT2D eigenvalue weighted by Gasteiger charge is -2.31. The van der Waals surface area contributed by atoms with Crippen LogP contribution in [0.15, 0.2) is 12.7 Å². The molecular formula is C11H22N2O2. The second-order valence-electron chi connectivity index (χ2n) is 4.64. The third-order valence-corrected chi connectivity index (χ3v) is 2.23. The summed E-state index contributed by atoms with van der Waals surface area (Å²) in [6, 6.07) is -0.552. The predicted octanol–water partition coefficient (Wildman–Crippen LogP) is 0.367. The maximum atomic E-state index is 11.9. The van der Waals surface area contributed by atoms with E-state index < -0.39 is 6.04 Å². The summed E-state index contributed by atoms with van der Waals surface area (Å²) in [5, 5.41) is 8.83. The number of aliphatic hydroxyl groups excluding tert-OH is 1. The minimum atomic E-state index is -0.552. The zero-order valence-corrected chi connectivity index (χ0v) is 9.86. The van der Waals surface area contributed by atoms with E-state index >= 15 is 0 Å². The van der Waals surface area contributed by atoms with Gasteiger partial charge < -0.3 is 15.7 Å². The molecule has 0 bridgehead atoms. The number of carbonyl (C=O) groups is 1. The summed E-state index contributed by atoms with van der Waals surface area (Å²) >= 11 is 0. The zero-order chi connectivity index (χ0) is 12.1. The van der Waals surface area contributed by atoms with Gasteiger partial charge in [-0.1, -0.05) is 26.8 Å². The van der Waals surface area contributed by atoms with Crippen molar-refractivity contribution in [3.05, 3.63) is 12.7 Å². The van der Waals surface area contributed by atoms with Crippen molar-refractivity contribution < 1.29 is 9.90 Å². The van der Waals surface area contributed by atoms with E-state index in [1.165, 1.54) is 4.90 Å². The van der Waals surface area contributed by atoms with Crippen LogP contribution < -0.4 is 5.73 Å². The molecular weight excluding hydrogens is 192 g/mol. The number of rotatable bonds is 5. The lowest BCUT2D eigenvalue weighted by Crippen LogP contribution is -2.51. The van der Waals surface area contributed by atoms with Gasteiger partial charge in [0.15, 0.2) is 0 Å². The quantitative estimate of drug-likeness (QED) is 0.650. The Hall–Kier alpha value is -0.870. The summed E-state index contributed by atoms with van der Waals surface area (Å²) in [5.41, 5.74) is 5.58. The van der Waals surface area contributed by atoms with Crippen molar-refractivity contribution in [3.8, 4) is 0 Å². The molecule has 0 radical (unpaired) electrons. The summed E-state index contributed by atoms with van der Waals surface area (Å²) in [6.07, 6.45) is 1.63. The van der Waals surface area contributed by atoms with Gasteiger partial charge in [-0.3, -0.25) is 4.79 Å². The van der Waals surface area contributed by atoms with Crippen LogP contribution in [0.25, 0.3) is 0 Å². The zero-order valence-electron chi connectivity index (χ0n) is 9.86. The normalized spacial score (nSPS) is 13.4. The van der Waals surface area contributed by atoms with Gasteiger partial charge in [0.05, 0.1) is 12.6 Å². The van der Waals surface area contributed by atoms with Crippen molar-refractivity contribution in [1.29, 1.82) is 0 Å². The van der Waals surface area contributed by atoms with Gasteiger partial charge in [-0.2, -0.15) is 0 Å². The second kappa shape index (κ2) is 5.88. The molecule has 1 amide bonds. The van der Waals surface area contributed by atoms with Crippen LogP contribution in [0.1, 0.15) is 20.8 Å². The summed E-state index contributed by atoms with van der Waals surface area (Å²) in [5.74, 6) is -0.142. The van der Waals surface area contributed by atoms with Crippen LogP contribution in [-0.4, -0.2) is 41.7 Å². The maximum absolute atomic E-state index is 11.9. The Morgan fingerprint density at radius 3 is 2.47 bits per heavy atom. The number of hydrogen-bond acceptors (Lipinski definition) is 3. The number of amides is 1. The van der Waals surface area contributed by atoms with Crippen LogP contribution in [0.5, 0.6) is 0 Å². The standard InChI is InChI=1S/C11H22N2O2/c1-5-6-13(7-8-14)10(15)9(12)11(2,3)4/h5,9,14H,1,6-8,12H2,2-4H3/t9-/m1/s1. The summed E-state index contributed by atoms with van der Waals surface area (Å²) in [4.78, 5) is 13.4. The van der Waals surface area contributed by atoms with Crippen LogP contribution in [0.3, 0.4) is 0 Å². The largest absolute Gasteiger partial charge is 0.395 e. The SMILES string of the molecule is C=CCN(CCO)C(=O)[C@@H](N)C(C)(C)C. The minimum Gasteiger partial charge on any atom is -0.395 e. The van der Waals surface area contributed by atoms with Crippen molar-refractivity contribution >= 4 is 5.91 Å². The Bertz CT molecular complexity index is 221. The van der Waals surface area contributed by atoms with E-state index in [1.54, 1.807) is 6.08 Å². The molecule has 4 nitrogen and oxygen atoms in total. The lowest BCUT2D eigenvalue weighted by molar-refractivity contribution is -0.134. The van der Waals surface area contributed by atoms with E-state index in [2.05, 4.69) is 6.58 Å². The molecule has 0 saturated carbocycles. The number of hydrogen-bond donors (Lipinski definition) is 2. The molecule has 0 aliphatic heterocycles. The van der Waals surface area contributed by atoms with E-state index in [0.29, 0.717) is 13.1 Å². The molecule has 3 N–H and O–H groups in total. The molecule has 0 aromatic rings. The molecule has 0 aromatic heterocycles. The molecule has 4 heteroatoms. The fraction of sp³-hybridized carbons (Fsp3) is 0.727. The molecule has 1 atom stereocenters. The highest BCUT2D eigenvalue weighted by atomic mass is 16.3. The number of aliphatic hydroxyl groups is 1. The Balaban J connectivity index is 4.55. The van der Waals surface area contributed by atoms with E-state index in [0.717, 1.165) is 0 Å². The fourth-order valence-corrected chi connectivity index (χ4v) is 1.14. The van der Waals surface area contributed by atoms with Crippen LogP contribution in [0.2, 0.25) is 0 Å². The highest BCUT2D eigenvalue weighted by molar-refractivity contribution is 5.82. The number of carbonyl (C=O) groups excluding carboxylic acids is 1. The monoisotopic (exact) mass is 214 g/mol. The van der Waals surface area contributed by atoms with Gasteiger partial charge in [-0.15, -0.1) is 6.58 Å². The van der Waals surface area contributed by atoms with Crippen LogP contribution in [0.4, 0.5) is 0 Å². The van der Waals surface area contributed by atoms with Crippen molar-refractivity contribution in [2.24, 2.45) is 11.1 Å². The van der Waals surface area contributed by atoms with Crippen LogP contribution >= 0.6 is 0 Å². The molecule has 0 aliphatic carbocycles. The average Bonchev–Trinajstić information content (AvgIpc) is 2.14. The van der Waals surface area contributed by atoms with Crippen molar-refractivity contribution in [2.75, 3.05) is 19.7 Å². The first-order chi connectivity index (χ1) is 6.84. The molecule has 15 heavy (non-hydrogen) atoms. The summed E-state index contributed by atoms with van der Waals surface area (Å²) in [6.45, 7) is 9.98. The smallest absolute Gasteiger partial charge is 0.240 e. The third kappa shape index (κ3) is 4.44. The Labute approximate surface area is 91.8 Å². The molecule has 0 rings (SSSR count). The first kappa shape index (κ1) is 14.1. The van der Waals surface area contributed by atoms with Gasteiger partial charge in [0.1, 0.15) is 0 Å². The molecule has 0 spiro atoms. The first-order valence-corrected chi connectivity index (χ1v) is 5.10. The second-order valence-corrected chi connectivity index (χ2v) is 4.64. The lowest BCUT2D eigenvalue weighted by atomic mass is 9.86. The third-order valence-electron chi connectivity index (χ3n) is 2.23. The molecule has 88 valence electrons. The van der Waals surface area contributed by atoms with Crippen molar-refractivity contribution in [2.45, 2.75) is 26.8 Å². The highest BCUT2D eigenvalue weighted by Crippen LogP contribution is 2.18. The average molecular weight is 214 g/mol. The van der Waals surface area contributed by atoms with E-state index in [4.69, 9.17) is 10.8 Å². The maximum Gasteiger partial charge on any atom is 0.240 e. The molecule has 0 fully saturated rings. The van der Waals surface area contributed by atoms with Crippen molar-refractivity contribution in [3.63, 3.8) is 0 Å². The highest BCUT2D eigenvalue weighted by Gasteiger charge is 2.30. The molecule has 0 saturated heterocycles. The Kier molecular flexibility index (Phi) is 5.54. The summed E-state index contributed by atoms with van der Waals surface area (Å²) < 4.78 is 0. The van der Waals surface area contributed by atoms with Crippen molar-refractivity contribution in [1.82, 2.24) is 4.90 Å². The molecule has 0 aromatic carbocycles. The summed E-state index contributed by atoms with van der Waals surface area (Å²) in [7, 11) is 0. The molecule has 0 unspecified atom stereocenters. The fourth-order valence-electron chi connectivity index (χ4n) is 1.14. The predicted molar refractivity (Wildman–Crippen MR) is 61.3 cm³/mol. The Morgan fingerprint density at radius 2 is 2.13 bits per heavy atom. The molecule has 0 aliphatic rings. The molecule has 0 heterocycles. The van der Waals surface area contributed by atoms with Gasteiger partial charge in [0.25, 0.3) is 0 Å². The van der Waals surface area contributed by atoms with Crippen LogP contribution in [0, 0.1) is 5.41 Å². The van der Waals surface area contributed by atoms with E-state index in [-0.39, 0.29) is 17.9 Å². The number of nitrogens with zero attached hydrogens (tertiary/aromatic N) is 1. The van der Waals surface area contributed by atoms with Crippen LogP contribution in [-0.2, 0) is 4.79 Å². The Morgan fingerprint density at radius 1 is 1.60 bits per heavy atom. The van der Waals surface area contributed by atoms with E-state index in [9.17, 15) is 4.79 Å².